The van der Waals surface area contributed by atoms with Crippen LogP contribution < -0.4 is 10.9 Å². The predicted octanol–water partition coefficient (Wildman–Crippen LogP) is 1.38. The van der Waals surface area contributed by atoms with Crippen LogP contribution in [0.5, 0.6) is 0 Å². The van der Waals surface area contributed by atoms with Gasteiger partial charge in [0, 0.05) is 19.4 Å². The molecule has 0 saturated carbocycles. The number of aryl methyl sites for hydroxylation is 2. The van der Waals surface area contributed by atoms with Gasteiger partial charge in [0.05, 0.1) is 0 Å². The highest BCUT2D eigenvalue weighted by molar-refractivity contribution is 7.71. The molecule has 0 unspecified atom stereocenters. The Hall–Kier alpha value is -2.28. The van der Waals surface area contributed by atoms with Crippen LogP contribution in [-0.2, 0) is 17.8 Å². The minimum Gasteiger partial charge on any atom is -0.352 e. The van der Waals surface area contributed by atoms with Crippen LogP contribution in [0.4, 0.5) is 0 Å². The molecule has 0 saturated heterocycles. The second-order valence-corrected chi connectivity index (χ2v) is 5.12. The number of hydrogen-bond donors (Lipinski definition) is 3. The number of amides is 1. The molecular weight excluding hydrogens is 288 g/mol. The van der Waals surface area contributed by atoms with Crippen molar-refractivity contribution in [2.45, 2.75) is 26.3 Å². The number of aromatic nitrogens is 3. The van der Waals surface area contributed by atoms with Gasteiger partial charge in [-0.05, 0) is 24.7 Å². The maximum atomic E-state index is 11.8. The van der Waals surface area contributed by atoms with Crippen molar-refractivity contribution < 1.29 is 4.79 Å². The third kappa shape index (κ3) is 4.64. The number of nitrogens with one attached hydrogen (secondary N) is 3. The van der Waals surface area contributed by atoms with Gasteiger partial charge in [-0.3, -0.25) is 19.7 Å². The van der Waals surface area contributed by atoms with Gasteiger partial charge < -0.3 is 5.32 Å². The van der Waals surface area contributed by atoms with Crippen LogP contribution in [0.3, 0.4) is 0 Å². The molecule has 0 aliphatic rings. The van der Waals surface area contributed by atoms with E-state index < -0.39 is 0 Å². The zero-order chi connectivity index (χ0) is 15.2. The quantitative estimate of drug-likeness (QED) is 0.728. The lowest BCUT2D eigenvalue weighted by molar-refractivity contribution is -0.121. The molecule has 2 aromatic rings. The fourth-order valence-electron chi connectivity index (χ4n) is 1.77. The average Bonchev–Trinajstić information content (AvgIpc) is 2.46. The summed E-state index contributed by atoms with van der Waals surface area (Å²) >= 11 is 4.75. The summed E-state index contributed by atoms with van der Waals surface area (Å²) in [5.74, 6) is -0.126. The number of carbonyl (C=O) groups is 1. The Morgan fingerprint density at radius 3 is 2.71 bits per heavy atom. The summed E-state index contributed by atoms with van der Waals surface area (Å²) in [6.07, 6.45) is 0.466. The second kappa shape index (κ2) is 6.94. The first-order valence-electron chi connectivity index (χ1n) is 6.55. The molecule has 0 bridgehead atoms. The minimum absolute atomic E-state index is 0.126. The molecule has 1 aromatic carbocycles. The van der Waals surface area contributed by atoms with Crippen molar-refractivity contribution in [1.82, 2.24) is 20.5 Å². The van der Waals surface area contributed by atoms with Gasteiger partial charge in [-0.15, -0.1) is 0 Å². The Bertz CT molecular complexity index is 734. The zero-order valence-corrected chi connectivity index (χ0v) is 12.4. The third-order valence-corrected chi connectivity index (χ3v) is 3.17. The summed E-state index contributed by atoms with van der Waals surface area (Å²) < 4.78 is 0.174. The average molecular weight is 304 g/mol. The summed E-state index contributed by atoms with van der Waals surface area (Å²) in [6.45, 7) is 2.48. The summed E-state index contributed by atoms with van der Waals surface area (Å²) in [5.41, 5.74) is 2.13. The Morgan fingerprint density at radius 1 is 1.33 bits per heavy atom. The van der Waals surface area contributed by atoms with E-state index in [1.54, 1.807) is 0 Å². The zero-order valence-electron chi connectivity index (χ0n) is 11.6. The van der Waals surface area contributed by atoms with E-state index >= 15 is 0 Å². The molecule has 2 rings (SSSR count). The summed E-state index contributed by atoms with van der Waals surface area (Å²) in [5, 5.41) is 9.14. The van der Waals surface area contributed by atoms with Crippen molar-refractivity contribution >= 4 is 18.1 Å². The lowest BCUT2D eigenvalue weighted by atomic mass is 10.1. The number of hydrogen-bond acceptors (Lipinski definition) is 4. The normalized spacial score (nSPS) is 10.3. The highest BCUT2D eigenvalue weighted by atomic mass is 32.1. The fourth-order valence-corrected chi connectivity index (χ4v) is 1.91. The van der Waals surface area contributed by atoms with Gasteiger partial charge >= 0.3 is 0 Å². The van der Waals surface area contributed by atoms with E-state index in [2.05, 4.69) is 20.5 Å². The first-order chi connectivity index (χ1) is 10.0. The predicted molar refractivity (Wildman–Crippen MR) is 81.4 cm³/mol. The standard InChI is InChI=1S/C14H16N4O2S/c1-9-2-4-10(5-3-9)8-15-12(19)7-6-11-13(20)16-14(21)18-17-11/h2-5H,6-8H2,1H3,(H,15,19)(H2,16,18,20,21). The molecule has 6 nitrogen and oxygen atoms in total. The van der Waals surface area contributed by atoms with Crippen molar-refractivity contribution in [2.75, 3.05) is 0 Å². The fraction of sp³-hybridized carbons (Fsp3) is 0.286. The van der Waals surface area contributed by atoms with Crippen LogP contribution in [0.25, 0.3) is 0 Å². The van der Waals surface area contributed by atoms with Crippen LogP contribution in [-0.4, -0.2) is 21.1 Å². The Morgan fingerprint density at radius 2 is 2.05 bits per heavy atom. The molecular formula is C14H16N4O2S. The molecule has 3 N–H and O–H groups in total. The number of H-pyrrole nitrogens is 2. The van der Waals surface area contributed by atoms with Crippen molar-refractivity contribution in [3.8, 4) is 0 Å². The number of benzene rings is 1. The van der Waals surface area contributed by atoms with Crippen LogP contribution >= 0.6 is 12.2 Å². The number of rotatable bonds is 5. The van der Waals surface area contributed by atoms with E-state index in [9.17, 15) is 9.59 Å². The van der Waals surface area contributed by atoms with Crippen LogP contribution in [0, 0.1) is 11.7 Å². The molecule has 1 heterocycles. The summed E-state index contributed by atoms with van der Waals surface area (Å²) in [6, 6.07) is 7.94. The Kier molecular flexibility index (Phi) is 4.99. The highest BCUT2D eigenvalue weighted by Gasteiger charge is 2.06. The van der Waals surface area contributed by atoms with E-state index in [0.29, 0.717) is 6.54 Å². The third-order valence-electron chi connectivity index (χ3n) is 2.98. The van der Waals surface area contributed by atoms with Crippen molar-refractivity contribution in [2.24, 2.45) is 0 Å². The van der Waals surface area contributed by atoms with Gasteiger partial charge in [-0.1, -0.05) is 29.8 Å². The van der Waals surface area contributed by atoms with Gasteiger partial charge in [-0.2, -0.15) is 5.10 Å². The van der Waals surface area contributed by atoms with Gasteiger partial charge in [0.1, 0.15) is 5.69 Å². The number of nitrogens with zero attached hydrogens (tertiary/aromatic N) is 1. The monoisotopic (exact) mass is 304 g/mol. The van der Waals surface area contributed by atoms with E-state index in [-0.39, 0.29) is 34.8 Å². The topological polar surface area (TPSA) is 90.6 Å². The van der Waals surface area contributed by atoms with Gasteiger partial charge in [-0.25, -0.2) is 0 Å². The maximum absolute atomic E-state index is 11.8. The minimum atomic E-state index is -0.356. The van der Waals surface area contributed by atoms with Crippen molar-refractivity contribution in [3.63, 3.8) is 0 Å². The van der Waals surface area contributed by atoms with Crippen LogP contribution in [0.2, 0.25) is 0 Å². The summed E-state index contributed by atoms with van der Waals surface area (Å²) in [4.78, 5) is 25.7. The van der Waals surface area contributed by atoms with Gasteiger partial charge in [0.2, 0.25) is 5.91 Å². The molecule has 0 spiro atoms. The molecule has 1 amide bonds. The second-order valence-electron chi connectivity index (χ2n) is 4.72. The number of aromatic amines is 2. The Labute approximate surface area is 126 Å². The number of carbonyl (C=O) groups excluding carboxylic acids is 1. The molecule has 0 aliphatic carbocycles. The lowest BCUT2D eigenvalue weighted by Crippen LogP contribution is -2.25. The summed E-state index contributed by atoms with van der Waals surface area (Å²) in [7, 11) is 0. The van der Waals surface area contributed by atoms with E-state index in [1.807, 2.05) is 31.2 Å². The van der Waals surface area contributed by atoms with E-state index in [0.717, 1.165) is 5.56 Å². The smallest absolute Gasteiger partial charge is 0.273 e. The molecule has 0 aliphatic heterocycles. The molecule has 110 valence electrons. The molecule has 0 fully saturated rings. The van der Waals surface area contributed by atoms with Crippen molar-refractivity contribution in [3.05, 3.63) is 56.2 Å². The van der Waals surface area contributed by atoms with Crippen molar-refractivity contribution in [1.29, 1.82) is 0 Å². The maximum Gasteiger partial charge on any atom is 0.273 e. The first kappa shape index (κ1) is 15.1. The Balaban J connectivity index is 1.83. The molecule has 0 atom stereocenters. The SMILES string of the molecule is Cc1ccc(CNC(=O)CCc2n[nH]c(=S)[nH]c2=O)cc1. The van der Waals surface area contributed by atoms with Crippen LogP contribution in [0.1, 0.15) is 23.2 Å². The molecule has 7 heteroatoms. The van der Waals surface area contributed by atoms with Crippen LogP contribution in [0.15, 0.2) is 29.1 Å². The molecule has 21 heavy (non-hydrogen) atoms. The molecule has 0 radical (unpaired) electrons. The largest absolute Gasteiger partial charge is 0.352 e. The van der Waals surface area contributed by atoms with E-state index in [1.165, 1.54) is 5.56 Å². The van der Waals surface area contributed by atoms with Gasteiger partial charge in [0.15, 0.2) is 4.77 Å². The molecule has 1 aromatic heterocycles. The lowest BCUT2D eigenvalue weighted by Gasteiger charge is -2.05. The van der Waals surface area contributed by atoms with Gasteiger partial charge in [0.25, 0.3) is 5.56 Å². The first-order valence-corrected chi connectivity index (χ1v) is 6.95. The highest BCUT2D eigenvalue weighted by Crippen LogP contribution is 2.02. The van der Waals surface area contributed by atoms with E-state index in [4.69, 9.17) is 12.2 Å².